The van der Waals surface area contributed by atoms with Crippen molar-refractivity contribution in [1.82, 2.24) is 14.7 Å². The molecule has 108 valence electrons. The summed E-state index contributed by atoms with van der Waals surface area (Å²) in [5, 5.41) is 14.2. The minimum Gasteiger partial charge on any atom is -0.389 e. The summed E-state index contributed by atoms with van der Waals surface area (Å²) in [6, 6.07) is 0. The van der Waals surface area contributed by atoms with E-state index in [0.29, 0.717) is 10.8 Å². The van der Waals surface area contributed by atoms with Crippen molar-refractivity contribution in [2.45, 2.75) is 6.10 Å². The molecular formula is C12H14ClN3O3S. The number of nitrogens with one attached hydrogen (secondary N) is 1. The first-order valence-corrected chi connectivity index (χ1v) is 7.11. The highest BCUT2D eigenvalue weighted by Gasteiger charge is 2.09. The second-order valence-corrected chi connectivity index (χ2v) is 5.26. The van der Waals surface area contributed by atoms with E-state index in [-0.39, 0.29) is 19.1 Å². The largest absolute Gasteiger partial charge is 0.389 e. The zero-order valence-electron chi connectivity index (χ0n) is 10.7. The molecule has 1 unspecified atom stereocenters. The van der Waals surface area contributed by atoms with Crippen LogP contribution in [0.2, 0.25) is 5.15 Å². The zero-order chi connectivity index (χ0) is 14.5. The average Bonchev–Trinajstić information content (AvgIpc) is 2.95. The van der Waals surface area contributed by atoms with Crippen LogP contribution < -0.4 is 5.32 Å². The molecule has 2 heterocycles. The van der Waals surface area contributed by atoms with Gasteiger partial charge in [0.15, 0.2) is 10.1 Å². The Morgan fingerprint density at radius 3 is 3.30 bits per heavy atom. The third-order valence-electron chi connectivity index (χ3n) is 2.52. The molecule has 2 N–H and O–H groups in total. The SMILES string of the molecule is COCC(O)CNC(=O)C=Cc1c(Cl)nc2sccn12. The van der Waals surface area contributed by atoms with Gasteiger partial charge in [0.25, 0.3) is 0 Å². The Balaban J connectivity index is 1.97. The van der Waals surface area contributed by atoms with Gasteiger partial charge in [0.05, 0.1) is 18.4 Å². The van der Waals surface area contributed by atoms with E-state index in [9.17, 15) is 9.90 Å². The lowest BCUT2D eigenvalue weighted by Gasteiger charge is -2.08. The van der Waals surface area contributed by atoms with Crippen LogP contribution in [0.3, 0.4) is 0 Å². The molecule has 0 bridgehead atoms. The fraction of sp³-hybridized carbons (Fsp3) is 0.333. The molecule has 0 spiro atoms. The van der Waals surface area contributed by atoms with Crippen LogP contribution in [-0.2, 0) is 9.53 Å². The fourth-order valence-electron chi connectivity index (χ4n) is 1.61. The molecule has 20 heavy (non-hydrogen) atoms. The molecule has 2 rings (SSSR count). The van der Waals surface area contributed by atoms with Gasteiger partial charge in [0.1, 0.15) is 0 Å². The molecule has 0 radical (unpaired) electrons. The van der Waals surface area contributed by atoms with Crippen molar-refractivity contribution in [3.05, 3.63) is 28.5 Å². The smallest absolute Gasteiger partial charge is 0.244 e. The Bertz CT molecular complexity index is 623. The minimum absolute atomic E-state index is 0.130. The maximum absolute atomic E-state index is 11.6. The van der Waals surface area contributed by atoms with E-state index >= 15 is 0 Å². The molecule has 1 amide bonds. The number of aromatic nitrogens is 2. The first-order valence-electron chi connectivity index (χ1n) is 5.85. The van der Waals surface area contributed by atoms with Crippen LogP contribution in [0, 0.1) is 0 Å². The van der Waals surface area contributed by atoms with E-state index in [2.05, 4.69) is 10.3 Å². The maximum Gasteiger partial charge on any atom is 0.244 e. The van der Waals surface area contributed by atoms with Crippen LogP contribution in [0.1, 0.15) is 5.69 Å². The van der Waals surface area contributed by atoms with Gasteiger partial charge in [0.2, 0.25) is 5.91 Å². The summed E-state index contributed by atoms with van der Waals surface area (Å²) in [6.07, 6.45) is 4.05. The monoisotopic (exact) mass is 315 g/mol. The third-order valence-corrected chi connectivity index (χ3v) is 3.55. The molecular weight excluding hydrogens is 302 g/mol. The number of carbonyl (C=O) groups excluding carboxylic acids is 1. The molecule has 0 saturated heterocycles. The molecule has 2 aromatic rings. The van der Waals surface area contributed by atoms with E-state index in [1.54, 1.807) is 10.5 Å². The van der Waals surface area contributed by atoms with Crippen LogP contribution >= 0.6 is 22.9 Å². The van der Waals surface area contributed by atoms with Gasteiger partial charge in [-0.2, -0.15) is 0 Å². The van der Waals surface area contributed by atoms with Crippen LogP contribution in [-0.4, -0.2) is 46.8 Å². The van der Waals surface area contributed by atoms with Gasteiger partial charge in [-0.05, 0) is 6.08 Å². The lowest BCUT2D eigenvalue weighted by molar-refractivity contribution is -0.117. The number of hydrogen-bond donors (Lipinski definition) is 2. The highest BCUT2D eigenvalue weighted by Crippen LogP contribution is 2.22. The molecule has 8 heteroatoms. The highest BCUT2D eigenvalue weighted by molar-refractivity contribution is 7.15. The van der Waals surface area contributed by atoms with E-state index in [1.165, 1.54) is 24.5 Å². The van der Waals surface area contributed by atoms with Gasteiger partial charge in [-0.3, -0.25) is 9.20 Å². The van der Waals surface area contributed by atoms with Crippen molar-refractivity contribution < 1.29 is 14.6 Å². The Labute approximate surface area is 124 Å². The number of halogens is 1. The topological polar surface area (TPSA) is 75.9 Å². The number of amides is 1. The fourth-order valence-corrected chi connectivity index (χ4v) is 2.61. The van der Waals surface area contributed by atoms with Gasteiger partial charge >= 0.3 is 0 Å². The number of aliphatic hydroxyl groups is 1. The first kappa shape index (κ1) is 15.0. The summed E-state index contributed by atoms with van der Waals surface area (Å²) in [4.78, 5) is 16.5. The number of aliphatic hydroxyl groups excluding tert-OH is 1. The summed E-state index contributed by atoms with van der Waals surface area (Å²) >= 11 is 7.46. The van der Waals surface area contributed by atoms with E-state index in [4.69, 9.17) is 16.3 Å². The zero-order valence-corrected chi connectivity index (χ0v) is 12.3. The molecule has 0 saturated carbocycles. The Morgan fingerprint density at radius 2 is 2.55 bits per heavy atom. The van der Waals surface area contributed by atoms with E-state index < -0.39 is 6.10 Å². The number of imidazole rings is 1. The second-order valence-electron chi connectivity index (χ2n) is 4.03. The van der Waals surface area contributed by atoms with Gasteiger partial charge in [-0.25, -0.2) is 4.98 Å². The first-order chi connectivity index (χ1) is 9.61. The molecule has 1 atom stereocenters. The number of fused-ring (bicyclic) bond motifs is 1. The van der Waals surface area contributed by atoms with Crippen molar-refractivity contribution in [3.8, 4) is 0 Å². The van der Waals surface area contributed by atoms with Gasteiger partial charge in [-0.1, -0.05) is 11.6 Å². The molecule has 0 aromatic carbocycles. The van der Waals surface area contributed by atoms with Gasteiger partial charge in [-0.15, -0.1) is 11.3 Å². The Morgan fingerprint density at radius 1 is 1.75 bits per heavy atom. The summed E-state index contributed by atoms with van der Waals surface area (Å²) < 4.78 is 6.56. The summed E-state index contributed by atoms with van der Waals surface area (Å²) in [7, 11) is 1.48. The number of hydrogen-bond acceptors (Lipinski definition) is 5. The van der Waals surface area contributed by atoms with Gasteiger partial charge < -0.3 is 15.2 Å². The van der Waals surface area contributed by atoms with Crippen LogP contribution in [0.25, 0.3) is 11.0 Å². The molecule has 0 fully saturated rings. The predicted molar refractivity (Wildman–Crippen MR) is 78.0 cm³/mol. The minimum atomic E-state index is -0.723. The number of carbonyl (C=O) groups is 1. The van der Waals surface area contributed by atoms with Crippen LogP contribution in [0.4, 0.5) is 0 Å². The Hall–Kier alpha value is -1.41. The molecule has 0 aliphatic rings. The van der Waals surface area contributed by atoms with E-state index in [0.717, 1.165) is 4.96 Å². The summed E-state index contributed by atoms with van der Waals surface area (Å²) in [6.45, 7) is 0.305. The average molecular weight is 316 g/mol. The number of rotatable bonds is 6. The van der Waals surface area contributed by atoms with E-state index in [1.807, 2.05) is 11.6 Å². The maximum atomic E-state index is 11.6. The van der Waals surface area contributed by atoms with Crippen LogP contribution in [0.5, 0.6) is 0 Å². The number of nitrogens with zero attached hydrogens (tertiary/aromatic N) is 2. The van der Waals surface area contributed by atoms with Crippen molar-refractivity contribution >= 4 is 39.9 Å². The molecule has 0 aliphatic carbocycles. The van der Waals surface area contributed by atoms with Gasteiger partial charge in [0, 0.05) is 31.3 Å². The quantitative estimate of drug-likeness (QED) is 0.785. The summed E-state index contributed by atoms with van der Waals surface area (Å²) in [5.74, 6) is -0.318. The second kappa shape index (κ2) is 6.85. The lowest BCUT2D eigenvalue weighted by atomic mass is 10.3. The van der Waals surface area contributed by atoms with Crippen molar-refractivity contribution in [1.29, 1.82) is 0 Å². The molecule has 6 nitrogen and oxygen atoms in total. The van der Waals surface area contributed by atoms with Crippen molar-refractivity contribution in [2.24, 2.45) is 0 Å². The molecule has 2 aromatic heterocycles. The van der Waals surface area contributed by atoms with Crippen molar-refractivity contribution in [2.75, 3.05) is 20.3 Å². The lowest BCUT2D eigenvalue weighted by Crippen LogP contribution is -2.33. The number of thiazole rings is 1. The summed E-state index contributed by atoms with van der Waals surface area (Å²) in [5.41, 5.74) is 0.649. The normalized spacial score (nSPS) is 13.2. The standard InChI is InChI=1S/C12H14ClN3O3S/c1-19-7-8(17)6-14-10(18)3-2-9-11(13)15-12-16(9)4-5-20-12/h2-5,8,17H,6-7H2,1H3,(H,14,18). The number of methoxy groups -OCH3 is 1. The third kappa shape index (κ3) is 3.57. The molecule has 0 aliphatic heterocycles. The van der Waals surface area contributed by atoms with Crippen LogP contribution in [0.15, 0.2) is 17.7 Å². The predicted octanol–water partition coefficient (Wildman–Crippen LogP) is 1.19. The Kier molecular flexibility index (Phi) is 5.13. The number of ether oxygens (including phenoxy) is 1. The highest BCUT2D eigenvalue weighted by atomic mass is 35.5. The van der Waals surface area contributed by atoms with Crippen molar-refractivity contribution in [3.63, 3.8) is 0 Å².